The van der Waals surface area contributed by atoms with Crippen molar-refractivity contribution in [2.75, 3.05) is 12.4 Å². The Morgan fingerprint density at radius 1 is 1.07 bits per heavy atom. The molecule has 0 unspecified atom stereocenters. The molecule has 0 spiro atoms. The van der Waals surface area contributed by atoms with Crippen LogP contribution in [0.25, 0.3) is 0 Å². The normalized spacial score (nSPS) is 12.2. The van der Waals surface area contributed by atoms with Gasteiger partial charge in [-0.15, -0.1) is 0 Å². The molecule has 3 N–H and O–H groups in total. The molecule has 0 bridgehead atoms. The second kappa shape index (κ2) is 9.50. The highest BCUT2D eigenvalue weighted by Crippen LogP contribution is 2.29. The second-order valence-electron chi connectivity index (χ2n) is 5.85. The summed E-state index contributed by atoms with van der Waals surface area (Å²) in [6.07, 6.45) is -1.22. The van der Waals surface area contributed by atoms with E-state index in [0.717, 1.165) is 12.1 Å². The number of methoxy groups -OCH3 is 1. The molecule has 0 aliphatic carbocycles. The summed E-state index contributed by atoms with van der Waals surface area (Å²) in [7, 11) is -2.66. The Hall–Kier alpha value is -3.25. The van der Waals surface area contributed by atoms with Crippen LogP contribution in [-0.4, -0.2) is 40.1 Å². The quantitative estimate of drug-likeness (QED) is 0.596. The van der Waals surface area contributed by atoms with Crippen LogP contribution >= 0.6 is 0 Å². The maximum atomic E-state index is 12.4. The number of carbonyl (C=O) groups excluding carboxylic acids is 2. The average Bonchev–Trinajstić information content (AvgIpc) is 2.67. The zero-order valence-corrected chi connectivity index (χ0v) is 16.6. The van der Waals surface area contributed by atoms with E-state index in [1.807, 2.05) is 0 Å². The van der Waals surface area contributed by atoms with Gasteiger partial charge in [-0.25, -0.2) is 18.4 Å². The first-order valence-corrected chi connectivity index (χ1v) is 9.83. The van der Waals surface area contributed by atoms with E-state index in [1.165, 1.54) is 44.4 Å². The van der Waals surface area contributed by atoms with Crippen molar-refractivity contribution < 1.29 is 41.0 Å². The zero-order valence-electron chi connectivity index (χ0n) is 15.8. The Balaban J connectivity index is 2.03. The lowest BCUT2D eigenvalue weighted by atomic mass is 10.2. The molecular formula is C18H18F2N2O7S. The zero-order chi connectivity index (χ0) is 22.5. The van der Waals surface area contributed by atoms with Crippen LogP contribution in [0.15, 0.2) is 47.4 Å². The summed E-state index contributed by atoms with van der Waals surface area (Å²) in [6.45, 7) is -1.75. The number of primary sulfonamides is 1. The molecule has 0 aliphatic heterocycles. The van der Waals surface area contributed by atoms with Gasteiger partial charge in [-0.05, 0) is 49.4 Å². The topological polar surface area (TPSA) is 134 Å². The minimum absolute atomic E-state index is 0.0504. The van der Waals surface area contributed by atoms with E-state index in [0.29, 0.717) is 0 Å². The van der Waals surface area contributed by atoms with Crippen LogP contribution in [0, 0.1) is 0 Å². The van der Waals surface area contributed by atoms with Crippen molar-refractivity contribution in [2.24, 2.45) is 5.14 Å². The van der Waals surface area contributed by atoms with Crippen LogP contribution in [0.1, 0.15) is 17.3 Å². The lowest BCUT2D eigenvalue weighted by Gasteiger charge is -2.15. The van der Waals surface area contributed by atoms with E-state index in [4.69, 9.17) is 14.6 Å². The van der Waals surface area contributed by atoms with Crippen LogP contribution in [0.5, 0.6) is 11.5 Å². The van der Waals surface area contributed by atoms with Crippen LogP contribution in [0.3, 0.4) is 0 Å². The van der Waals surface area contributed by atoms with Crippen molar-refractivity contribution >= 4 is 27.6 Å². The molecule has 2 rings (SSSR count). The maximum Gasteiger partial charge on any atom is 0.387 e. The number of amides is 1. The number of esters is 1. The van der Waals surface area contributed by atoms with Gasteiger partial charge >= 0.3 is 12.6 Å². The third-order valence-electron chi connectivity index (χ3n) is 3.72. The minimum Gasteiger partial charge on any atom is -0.493 e. The van der Waals surface area contributed by atoms with Crippen LogP contribution < -0.4 is 19.9 Å². The first-order chi connectivity index (χ1) is 14.0. The molecule has 1 amide bonds. The Morgan fingerprint density at radius 2 is 1.70 bits per heavy atom. The van der Waals surface area contributed by atoms with E-state index < -0.39 is 34.6 Å². The van der Waals surface area contributed by atoms with Gasteiger partial charge in [0.15, 0.2) is 17.6 Å². The van der Waals surface area contributed by atoms with Crippen molar-refractivity contribution in [2.45, 2.75) is 24.5 Å². The van der Waals surface area contributed by atoms with Gasteiger partial charge in [0.25, 0.3) is 5.91 Å². The molecule has 12 heteroatoms. The minimum atomic E-state index is -3.87. The summed E-state index contributed by atoms with van der Waals surface area (Å²) in [6, 6.07) is 8.47. The van der Waals surface area contributed by atoms with E-state index in [9.17, 15) is 26.8 Å². The smallest absolute Gasteiger partial charge is 0.387 e. The van der Waals surface area contributed by atoms with Crippen LogP contribution in [-0.2, 0) is 19.6 Å². The van der Waals surface area contributed by atoms with Gasteiger partial charge in [-0.3, -0.25) is 4.79 Å². The van der Waals surface area contributed by atoms with E-state index in [2.05, 4.69) is 10.1 Å². The third kappa shape index (κ3) is 6.12. The fourth-order valence-corrected chi connectivity index (χ4v) is 2.76. The number of hydrogen-bond donors (Lipinski definition) is 2. The maximum absolute atomic E-state index is 12.4. The molecule has 0 radical (unpaired) electrons. The first-order valence-electron chi connectivity index (χ1n) is 8.29. The highest BCUT2D eigenvalue weighted by molar-refractivity contribution is 7.89. The molecule has 0 heterocycles. The predicted octanol–water partition coefficient (Wildman–Crippen LogP) is 2.13. The monoisotopic (exact) mass is 444 g/mol. The molecule has 0 fully saturated rings. The van der Waals surface area contributed by atoms with Crippen LogP contribution in [0.4, 0.5) is 14.5 Å². The summed E-state index contributed by atoms with van der Waals surface area (Å²) >= 11 is 0. The number of anilines is 1. The highest BCUT2D eigenvalue weighted by atomic mass is 32.2. The number of rotatable bonds is 8. The largest absolute Gasteiger partial charge is 0.493 e. The third-order valence-corrected chi connectivity index (χ3v) is 4.65. The molecule has 0 aromatic heterocycles. The van der Waals surface area contributed by atoms with Crippen molar-refractivity contribution in [3.8, 4) is 11.5 Å². The number of halogens is 2. The van der Waals surface area contributed by atoms with Gasteiger partial charge < -0.3 is 19.5 Å². The standard InChI is InChI=1S/C18H18F2N2O7S/c1-10(16(23)22-12-4-6-13(7-5-12)30(21,25)26)28-17(24)11-3-8-14(29-18(19)20)15(9-11)27-2/h3-10,18H,1-2H3,(H,22,23)(H2,21,25,26)/t10-/m0/s1. The van der Waals surface area contributed by atoms with Gasteiger partial charge in [0.2, 0.25) is 10.0 Å². The molecular weight excluding hydrogens is 426 g/mol. The number of ether oxygens (including phenoxy) is 3. The number of hydrogen-bond acceptors (Lipinski definition) is 7. The molecule has 1 atom stereocenters. The molecule has 30 heavy (non-hydrogen) atoms. The van der Waals surface area contributed by atoms with Gasteiger partial charge in [-0.1, -0.05) is 0 Å². The molecule has 2 aromatic carbocycles. The van der Waals surface area contributed by atoms with Gasteiger partial charge in [0.1, 0.15) is 0 Å². The van der Waals surface area contributed by atoms with Crippen molar-refractivity contribution in [1.82, 2.24) is 0 Å². The second-order valence-corrected chi connectivity index (χ2v) is 7.41. The predicted molar refractivity (Wildman–Crippen MR) is 101 cm³/mol. The van der Waals surface area contributed by atoms with Crippen molar-refractivity contribution in [3.05, 3.63) is 48.0 Å². The Bertz CT molecular complexity index is 1030. The molecule has 0 aliphatic rings. The lowest BCUT2D eigenvalue weighted by Crippen LogP contribution is -2.30. The summed E-state index contributed by atoms with van der Waals surface area (Å²) < 4.78 is 61.4. The van der Waals surface area contributed by atoms with Crippen molar-refractivity contribution in [1.29, 1.82) is 0 Å². The number of nitrogens with two attached hydrogens (primary N) is 1. The number of sulfonamides is 1. The molecule has 2 aromatic rings. The average molecular weight is 444 g/mol. The Labute approximate surface area is 170 Å². The number of benzene rings is 2. The van der Waals surface area contributed by atoms with Gasteiger partial charge in [0.05, 0.1) is 17.6 Å². The van der Waals surface area contributed by atoms with Gasteiger partial charge in [0, 0.05) is 5.69 Å². The Morgan fingerprint density at radius 3 is 2.23 bits per heavy atom. The summed E-state index contributed by atoms with van der Waals surface area (Å²) in [5.74, 6) is -1.96. The summed E-state index contributed by atoms with van der Waals surface area (Å²) in [4.78, 5) is 24.3. The molecule has 0 saturated heterocycles. The van der Waals surface area contributed by atoms with E-state index in [-0.39, 0.29) is 27.6 Å². The van der Waals surface area contributed by atoms with Crippen molar-refractivity contribution in [3.63, 3.8) is 0 Å². The van der Waals surface area contributed by atoms with E-state index >= 15 is 0 Å². The van der Waals surface area contributed by atoms with Crippen LogP contribution in [0.2, 0.25) is 0 Å². The molecule has 9 nitrogen and oxygen atoms in total. The highest BCUT2D eigenvalue weighted by Gasteiger charge is 2.21. The number of nitrogens with one attached hydrogen (secondary N) is 1. The number of carbonyl (C=O) groups is 2. The molecule has 0 saturated carbocycles. The fraction of sp³-hybridized carbons (Fsp3) is 0.222. The Kier molecular flexibility index (Phi) is 7.29. The summed E-state index contributed by atoms with van der Waals surface area (Å²) in [5, 5.41) is 7.44. The lowest BCUT2D eigenvalue weighted by molar-refractivity contribution is -0.123. The SMILES string of the molecule is COc1cc(C(=O)O[C@@H](C)C(=O)Nc2ccc(S(N)(=O)=O)cc2)ccc1OC(F)F. The summed E-state index contributed by atoms with van der Waals surface area (Å²) in [5.41, 5.74) is 0.205. The van der Waals surface area contributed by atoms with Gasteiger partial charge in [-0.2, -0.15) is 8.78 Å². The molecule has 162 valence electrons. The first kappa shape index (κ1) is 23.0. The van der Waals surface area contributed by atoms with E-state index in [1.54, 1.807) is 0 Å². The number of alkyl halides is 2. The fourth-order valence-electron chi connectivity index (χ4n) is 2.24.